The van der Waals surface area contributed by atoms with Gasteiger partial charge in [0.1, 0.15) is 11.2 Å². The highest BCUT2D eigenvalue weighted by atomic mass is 35.5. The standard InChI is InChI=1S/C25H19ClN4O2/c1-14-3-12-20-24(23(14)26)32-25(28-20)22-13-21(29-30-22)18-6-4-16(5-7-18)17-8-10-19(11-9-17)27-15(2)31/h3-13H,1-2H3,(H,27,31)(H,29,30). The number of carbonyl (C=O) groups is 1. The minimum atomic E-state index is -0.0865. The zero-order valence-corrected chi connectivity index (χ0v) is 18.2. The molecule has 0 bridgehead atoms. The van der Waals surface area contributed by atoms with Gasteiger partial charge >= 0.3 is 0 Å². The Hall–Kier alpha value is -3.90. The van der Waals surface area contributed by atoms with E-state index >= 15 is 0 Å². The third-order valence-electron chi connectivity index (χ3n) is 5.22. The third-order valence-corrected chi connectivity index (χ3v) is 5.69. The van der Waals surface area contributed by atoms with Crippen molar-refractivity contribution < 1.29 is 9.21 Å². The number of halogens is 1. The van der Waals surface area contributed by atoms with Crippen molar-refractivity contribution in [1.82, 2.24) is 15.2 Å². The summed E-state index contributed by atoms with van der Waals surface area (Å²) < 4.78 is 5.88. The van der Waals surface area contributed by atoms with E-state index in [1.807, 2.05) is 73.7 Å². The molecule has 2 aromatic heterocycles. The van der Waals surface area contributed by atoms with Crippen LogP contribution in [0.2, 0.25) is 5.02 Å². The summed E-state index contributed by atoms with van der Waals surface area (Å²) in [6.07, 6.45) is 0. The van der Waals surface area contributed by atoms with Gasteiger partial charge in [-0.05, 0) is 47.9 Å². The number of aromatic nitrogens is 3. The molecule has 32 heavy (non-hydrogen) atoms. The van der Waals surface area contributed by atoms with Crippen molar-refractivity contribution >= 4 is 34.3 Å². The lowest BCUT2D eigenvalue weighted by atomic mass is 10.0. The molecule has 7 heteroatoms. The summed E-state index contributed by atoms with van der Waals surface area (Å²) in [5.41, 5.74) is 7.58. The summed E-state index contributed by atoms with van der Waals surface area (Å²) in [4.78, 5) is 15.7. The van der Waals surface area contributed by atoms with Crippen LogP contribution in [0.3, 0.4) is 0 Å². The second-order valence-corrected chi connectivity index (χ2v) is 7.94. The zero-order chi connectivity index (χ0) is 22.2. The van der Waals surface area contributed by atoms with Gasteiger partial charge in [0.15, 0.2) is 5.58 Å². The van der Waals surface area contributed by atoms with E-state index in [0.29, 0.717) is 27.7 Å². The fourth-order valence-corrected chi connectivity index (χ4v) is 3.73. The van der Waals surface area contributed by atoms with E-state index < -0.39 is 0 Å². The highest BCUT2D eigenvalue weighted by Gasteiger charge is 2.15. The molecule has 0 aliphatic heterocycles. The summed E-state index contributed by atoms with van der Waals surface area (Å²) >= 11 is 6.35. The number of benzene rings is 3. The molecule has 0 saturated heterocycles. The quantitative estimate of drug-likeness (QED) is 0.334. The van der Waals surface area contributed by atoms with Crippen LogP contribution in [-0.4, -0.2) is 21.1 Å². The number of fused-ring (bicyclic) bond motifs is 1. The van der Waals surface area contributed by atoms with Gasteiger partial charge in [0.2, 0.25) is 11.8 Å². The molecule has 6 nitrogen and oxygen atoms in total. The number of hydrogen-bond donors (Lipinski definition) is 2. The van der Waals surface area contributed by atoms with Crippen LogP contribution < -0.4 is 5.32 Å². The third kappa shape index (κ3) is 3.76. The van der Waals surface area contributed by atoms with Crippen LogP contribution in [0.4, 0.5) is 5.69 Å². The highest BCUT2D eigenvalue weighted by Crippen LogP contribution is 2.32. The van der Waals surface area contributed by atoms with E-state index in [9.17, 15) is 4.79 Å². The molecule has 0 radical (unpaired) electrons. The Bertz CT molecular complexity index is 1430. The van der Waals surface area contributed by atoms with Gasteiger partial charge in [-0.1, -0.05) is 54.1 Å². The number of anilines is 1. The summed E-state index contributed by atoms with van der Waals surface area (Å²) in [5.74, 6) is 0.360. The topological polar surface area (TPSA) is 83.8 Å². The van der Waals surface area contributed by atoms with Gasteiger partial charge in [0, 0.05) is 18.2 Å². The molecule has 3 aromatic carbocycles. The maximum Gasteiger partial charge on any atom is 0.245 e. The van der Waals surface area contributed by atoms with Crippen molar-refractivity contribution in [1.29, 1.82) is 0 Å². The van der Waals surface area contributed by atoms with Crippen LogP contribution in [0, 0.1) is 6.92 Å². The van der Waals surface area contributed by atoms with Gasteiger partial charge in [-0.15, -0.1) is 0 Å². The largest absolute Gasteiger partial charge is 0.433 e. The van der Waals surface area contributed by atoms with Gasteiger partial charge in [-0.25, -0.2) is 4.98 Å². The lowest BCUT2D eigenvalue weighted by Crippen LogP contribution is -2.05. The van der Waals surface area contributed by atoms with Crippen LogP contribution in [0.15, 0.2) is 71.1 Å². The first-order valence-electron chi connectivity index (χ1n) is 10.1. The van der Waals surface area contributed by atoms with Crippen LogP contribution in [0.1, 0.15) is 12.5 Å². The number of carbonyl (C=O) groups excluding carboxylic acids is 1. The van der Waals surface area contributed by atoms with Crippen LogP contribution >= 0.6 is 11.6 Å². The van der Waals surface area contributed by atoms with Crippen LogP contribution in [-0.2, 0) is 4.79 Å². The number of oxazole rings is 1. The molecule has 0 spiro atoms. The van der Waals surface area contributed by atoms with E-state index in [1.165, 1.54) is 6.92 Å². The molecule has 2 heterocycles. The summed E-state index contributed by atoms with van der Waals surface area (Å²) in [6.45, 7) is 3.42. The van der Waals surface area contributed by atoms with Gasteiger partial charge in [-0.3, -0.25) is 9.89 Å². The van der Waals surface area contributed by atoms with Gasteiger partial charge in [0.05, 0.1) is 10.7 Å². The van der Waals surface area contributed by atoms with Crippen molar-refractivity contribution in [2.75, 3.05) is 5.32 Å². The van der Waals surface area contributed by atoms with E-state index in [0.717, 1.165) is 33.6 Å². The SMILES string of the molecule is CC(=O)Nc1ccc(-c2ccc(-c3cc(-c4nc5ccc(C)c(Cl)c5o4)[nH]n3)cc2)cc1. The first kappa shape index (κ1) is 20.0. The van der Waals surface area contributed by atoms with Crippen LogP contribution in [0.25, 0.3) is 45.1 Å². The molecule has 1 amide bonds. The Morgan fingerprint density at radius 1 is 0.969 bits per heavy atom. The lowest BCUT2D eigenvalue weighted by molar-refractivity contribution is -0.114. The average molecular weight is 443 g/mol. The van der Waals surface area contributed by atoms with Crippen LogP contribution in [0.5, 0.6) is 0 Å². The number of nitrogens with one attached hydrogen (secondary N) is 2. The second-order valence-electron chi connectivity index (χ2n) is 7.57. The number of amides is 1. The fraction of sp³-hybridized carbons (Fsp3) is 0.0800. The fourth-order valence-electron chi connectivity index (χ4n) is 3.54. The average Bonchev–Trinajstić information content (AvgIpc) is 3.44. The Morgan fingerprint density at radius 2 is 1.62 bits per heavy atom. The van der Waals surface area contributed by atoms with Gasteiger partial charge in [-0.2, -0.15) is 5.10 Å². The smallest absolute Gasteiger partial charge is 0.245 e. The van der Waals surface area contributed by atoms with E-state index in [2.05, 4.69) is 20.5 Å². The first-order chi connectivity index (χ1) is 15.5. The molecule has 0 aliphatic rings. The highest BCUT2D eigenvalue weighted by molar-refractivity contribution is 6.35. The minimum absolute atomic E-state index is 0.0865. The van der Waals surface area contributed by atoms with E-state index in [4.69, 9.17) is 16.0 Å². The molecule has 2 N–H and O–H groups in total. The Balaban J connectivity index is 1.39. The second kappa shape index (κ2) is 7.98. The predicted octanol–water partition coefficient (Wildman–Crippen LogP) is 6.47. The molecule has 0 atom stereocenters. The number of rotatable bonds is 4. The normalized spacial score (nSPS) is 11.1. The van der Waals surface area contributed by atoms with Crippen molar-refractivity contribution in [2.24, 2.45) is 0 Å². The van der Waals surface area contributed by atoms with Crippen molar-refractivity contribution in [3.8, 4) is 34.0 Å². The minimum Gasteiger partial charge on any atom is -0.433 e. The molecule has 5 rings (SSSR count). The molecule has 158 valence electrons. The first-order valence-corrected chi connectivity index (χ1v) is 10.5. The summed E-state index contributed by atoms with van der Waals surface area (Å²) in [5, 5.41) is 10.8. The molecule has 0 saturated carbocycles. The van der Waals surface area contributed by atoms with Gasteiger partial charge < -0.3 is 9.73 Å². The number of hydrogen-bond acceptors (Lipinski definition) is 4. The molecule has 0 unspecified atom stereocenters. The Labute approximate surface area is 189 Å². The monoisotopic (exact) mass is 442 g/mol. The Kier molecular flexibility index (Phi) is 4.99. The van der Waals surface area contributed by atoms with E-state index in [-0.39, 0.29) is 5.91 Å². The van der Waals surface area contributed by atoms with Gasteiger partial charge in [0.25, 0.3) is 0 Å². The zero-order valence-electron chi connectivity index (χ0n) is 17.4. The summed E-state index contributed by atoms with van der Waals surface area (Å²) in [6, 6.07) is 21.6. The maximum atomic E-state index is 11.2. The number of aromatic amines is 1. The van der Waals surface area contributed by atoms with E-state index in [1.54, 1.807) is 0 Å². The molecule has 0 fully saturated rings. The molecular weight excluding hydrogens is 424 g/mol. The number of aryl methyl sites for hydroxylation is 1. The molecular formula is C25H19ClN4O2. The Morgan fingerprint density at radius 3 is 2.31 bits per heavy atom. The predicted molar refractivity (Wildman–Crippen MR) is 127 cm³/mol. The van der Waals surface area contributed by atoms with Crippen molar-refractivity contribution in [3.05, 3.63) is 77.3 Å². The maximum absolute atomic E-state index is 11.2. The number of nitrogens with zero attached hydrogens (tertiary/aromatic N) is 2. The summed E-state index contributed by atoms with van der Waals surface area (Å²) in [7, 11) is 0. The molecule has 5 aromatic rings. The van der Waals surface area contributed by atoms with Crippen molar-refractivity contribution in [3.63, 3.8) is 0 Å². The number of H-pyrrole nitrogens is 1. The lowest BCUT2D eigenvalue weighted by Gasteiger charge is -2.06. The molecule has 0 aliphatic carbocycles. The van der Waals surface area contributed by atoms with Crippen molar-refractivity contribution in [2.45, 2.75) is 13.8 Å².